The van der Waals surface area contributed by atoms with Crippen LogP contribution in [0.3, 0.4) is 0 Å². The van der Waals surface area contributed by atoms with Crippen LogP contribution in [0.25, 0.3) is 0 Å². The zero-order valence-electron chi connectivity index (χ0n) is 26.5. The minimum atomic E-state index is -1.33. The second kappa shape index (κ2) is 10.5. The molecule has 1 aliphatic heterocycles. The minimum absolute atomic E-state index is 0.0156. The topological polar surface area (TPSA) is 131 Å². The molecule has 0 bridgehead atoms. The molecule has 5 N–H and O–H groups in total. The van der Waals surface area contributed by atoms with E-state index in [0.717, 1.165) is 24.8 Å². The van der Waals surface area contributed by atoms with Gasteiger partial charge in [0.1, 0.15) is 12.2 Å². The summed E-state index contributed by atoms with van der Waals surface area (Å²) in [6.07, 6.45) is 5.44. The first-order valence-electron chi connectivity index (χ1n) is 16.5. The molecule has 7 nitrogen and oxygen atoms in total. The maximum Gasteiger partial charge on any atom is 0.159 e. The third-order valence-corrected chi connectivity index (χ3v) is 13.4. The van der Waals surface area contributed by atoms with Gasteiger partial charge in [0.15, 0.2) is 5.78 Å². The lowest BCUT2D eigenvalue weighted by Crippen LogP contribution is -2.64. The van der Waals surface area contributed by atoms with E-state index >= 15 is 0 Å². The first-order chi connectivity index (χ1) is 20.1. The molecule has 4 fully saturated rings. The molecule has 238 valence electrons. The van der Waals surface area contributed by atoms with Crippen molar-refractivity contribution in [2.75, 3.05) is 6.61 Å². The highest BCUT2D eigenvalue weighted by Gasteiger charge is 2.73. The number of aliphatic hydroxyl groups is 5. The fraction of sp³-hybridized carbons (Fsp3) is 0.750. The van der Waals surface area contributed by atoms with Crippen molar-refractivity contribution >= 4 is 5.78 Å². The molecule has 4 aliphatic carbocycles. The number of epoxide rings is 1. The van der Waals surface area contributed by atoms with Gasteiger partial charge in [-0.05, 0) is 106 Å². The lowest BCUT2D eigenvalue weighted by Gasteiger charge is -2.63. The van der Waals surface area contributed by atoms with E-state index < -0.39 is 46.4 Å². The Balaban J connectivity index is 1.38. The zero-order valence-corrected chi connectivity index (χ0v) is 26.5. The zero-order chi connectivity index (χ0) is 31.2. The number of carbonyl (C=O) groups is 1. The van der Waals surface area contributed by atoms with Gasteiger partial charge in [0.25, 0.3) is 0 Å². The van der Waals surface area contributed by atoms with E-state index in [-0.39, 0.29) is 41.5 Å². The van der Waals surface area contributed by atoms with E-state index in [2.05, 4.69) is 38.1 Å². The van der Waals surface area contributed by atoms with Crippen molar-refractivity contribution in [1.82, 2.24) is 0 Å². The van der Waals surface area contributed by atoms with Crippen LogP contribution in [-0.2, 0) is 16.0 Å². The van der Waals surface area contributed by atoms with Gasteiger partial charge in [0.05, 0.1) is 22.9 Å². The maximum atomic E-state index is 13.8. The van der Waals surface area contributed by atoms with Gasteiger partial charge in [-0.25, -0.2) is 0 Å². The predicted octanol–water partition coefficient (Wildman–Crippen LogP) is 3.98. The Kier molecular flexibility index (Phi) is 7.63. The third kappa shape index (κ3) is 4.63. The van der Waals surface area contributed by atoms with E-state index in [0.29, 0.717) is 32.1 Å². The number of fused-ring (bicyclic) bond motifs is 5. The number of benzene rings is 1. The molecule has 0 amide bonds. The van der Waals surface area contributed by atoms with Crippen LogP contribution in [0.15, 0.2) is 42.0 Å². The molecule has 0 aromatic heterocycles. The molecule has 1 heterocycles. The number of ether oxygens (including phenoxy) is 1. The second-order valence-electron chi connectivity index (χ2n) is 15.8. The predicted molar refractivity (Wildman–Crippen MR) is 163 cm³/mol. The number of carbonyl (C=O) groups excluding carboxylic acids is 1. The van der Waals surface area contributed by atoms with Crippen LogP contribution in [0.2, 0.25) is 0 Å². The summed E-state index contributed by atoms with van der Waals surface area (Å²) in [5.41, 5.74) is -2.85. The number of aryl methyl sites for hydroxylation is 1. The van der Waals surface area contributed by atoms with Crippen LogP contribution in [0.1, 0.15) is 85.1 Å². The lowest BCUT2D eigenvalue weighted by atomic mass is 9.43. The van der Waals surface area contributed by atoms with Gasteiger partial charge in [-0.15, -0.1) is 0 Å². The molecule has 0 unspecified atom stereocenters. The summed E-state index contributed by atoms with van der Waals surface area (Å²) < 4.78 is 6.01. The molecule has 1 saturated heterocycles. The van der Waals surface area contributed by atoms with Crippen LogP contribution in [-0.4, -0.2) is 73.0 Å². The average molecular weight is 597 g/mol. The van der Waals surface area contributed by atoms with Crippen molar-refractivity contribution in [2.45, 2.75) is 121 Å². The first kappa shape index (κ1) is 31.4. The van der Waals surface area contributed by atoms with Gasteiger partial charge in [0.2, 0.25) is 0 Å². The van der Waals surface area contributed by atoms with Crippen LogP contribution in [0, 0.1) is 40.4 Å². The number of hydrogen-bond donors (Lipinski definition) is 5. The van der Waals surface area contributed by atoms with E-state index in [1.54, 1.807) is 26.8 Å². The molecule has 1 aromatic carbocycles. The van der Waals surface area contributed by atoms with Gasteiger partial charge >= 0.3 is 0 Å². The van der Waals surface area contributed by atoms with E-state index in [1.807, 2.05) is 6.07 Å². The monoisotopic (exact) mass is 596 g/mol. The molecule has 13 atom stereocenters. The standard InChI is InChI=1S/C36H52O7/c1-21(20-37)34(4,40)30-31(43-30)35(5,41)28-14-16-36(42)26-18-27(39)25-17-24(38)13-15-32(25,2)29(26)23(19-33(28,36)3)12-11-22-9-7-6-8-10-22/h6-10,18,21,23-25,28-31,37-38,40-42H,11-17,19-20H2,1-5H3/t21-,23-,24+,25+,28+,29+,30+,31+,32+,33-,34-,35-,36-/m1/s1. The van der Waals surface area contributed by atoms with Crippen molar-refractivity contribution < 1.29 is 35.1 Å². The van der Waals surface area contributed by atoms with Crippen molar-refractivity contribution in [3.63, 3.8) is 0 Å². The highest BCUT2D eigenvalue weighted by molar-refractivity contribution is 5.95. The summed E-state index contributed by atoms with van der Waals surface area (Å²) in [7, 11) is 0. The Labute approximate surface area is 256 Å². The molecule has 3 saturated carbocycles. The van der Waals surface area contributed by atoms with Crippen LogP contribution in [0.4, 0.5) is 0 Å². The van der Waals surface area contributed by atoms with Crippen LogP contribution >= 0.6 is 0 Å². The van der Waals surface area contributed by atoms with Crippen LogP contribution < -0.4 is 0 Å². The first-order valence-corrected chi connectivity index (χ1v) is 16.5. The average Bonchev–Trinajstić information content (AvgIpc) is 3.74. The Morgan fingerprint density at radius 3 is 2.44 bits per heavy atom. The molecule has 0 spiro atoms. The number of ketones is 1. The fourth-order valence-corrected chi connectivity index (χ4v) is 10.6. The Hall–Kier alpha value is -1.61. The van der Waals surface area contributed by atoms with Gasteiger partial charge in [0, 0.05) is 23.9 Å². The summed E-state index contributed by atoms with van der Waals surface area (Å²) in [6, 6.07) is 10.4. The summed E-state index contributed by atoms with van der Waals surface area (Å²) in [6.45, 7) is 9.34. The second-order valence-corrected chi connectivity index (χ2v) is 15.8. The normalized spacial score (nSPS) is 45.6. The Morgan fingerprint density at radius 1 is 1.07 bits per heavy atom. The van der Waals surface area contributed by atoms with E-state index in [9.17, 15) is 30.3 Å². The van der Waals surface area contributed by atoms with E-state index in [4.69, 9.17) is 4.74 Å². The van der Waals surface area contributed by atoms with Crippen LogP contribution in [0.5, 0.6) is 0 Å². The van der Waals surface area contributed by atoms with Crippen molar-refractivity contribution in [3.05, 3.63) is 47.5 Å². The molecule has 43 heavy (non-hydrogen) atoms. The van der Waals surface area contributed by atoms with Gasteiger partial charge < -0.3 is 30.3 Å². The van der Waals surface area contributed by atoms with Crippen molar-refractivity contribution in [3.8, 4) is 0 Å². The van der Waals surface area contributed by atoms with Crippen molar-refractivity contribution in [2.24, 2.45) is 40.4 Å². The largest absolute Gasteiger partial charge is 0.396 e. The molecular formula is C36H52O7. The molecule has 0 radical (unpaired) electrons. The minimum Gasteiger partial charge on any atom is -0.396 e. The number of rotatable bonds is 8. The van der Waals surface area contributed by atoms with Crippen molar-refractivity contribution in [1.29, 1.82) is 0 Å². The van der Waals surface area contributed by atoms with Gasteiger partial charge in [-0.3, -0.25) is 4.79 Å². The summed E-state index contributed by atoms with van der Waals surface area (Å²) >= 11 is 0. The fourth-order valence-electron chi connectivity index (χ4n) is 10.6. The summed E-state index contributed by atoms with van der Waals surface area (Å²) in [5, 5.41) is 56.6. The molecular weight excluding hydrogens is 544 g/mol. The SMILES string of the molecule is C[C@H](CO)[C@@](C)(O)[C@H]1O[C@@H]1[C@](C)(O)[C@H]1CC[C@@]2(O)C3=CC(=O)[C@@H]4C[C@@H](O)CC[C@]4(C)[C@H]3[C@H](CCc3ccccc3)C[C@]12C. The Bertz CT molecular complexity index is 1260. The third-order valence-electron chi connectivity index (χ3n) is 13.4. The highest BCUT2D eigenvalue weighted by atomic mass is 16.6. The quantitative estimate of drug-likeness (QED) is 0.287. The highest BCUT2D eigenvalue weighted by Crippen LogP contribution is 2.71. The number of aliphatic hydroxyl groups excluding tert-OH is 2. The lowest BCUT2D eigenvalue weighted by molar-refractivity contribution is -0.165. The molecule has 5 aliphatic rings. The Morgan fingerprint density at radius 2 is 1.77 bits per heavy atom. The number of allylic oxidation sites excluding steroid dienone is 1. The molecule has 1 aromatic rings. The molecule has 7 heteroatoms. The smallest absolute Gasteiger partial charge is 0.159 e. The van der Waals surface area contributed by atoms with E-state index in [1.165, 1.54) is 5.56 Å². The molecule has 6 rings (SSSR count). The van der Waals surface area contributed by atoms with Gasteiger partial charge in [-0.2, -0.15) is 0 Å². The number of hydrogen-bond acceptors (Lipinski definition) is 7. The maximum absolute atomic E-state index is 13.8. The summed E-state index contributed by atoms with van der Waals surface area (Å²) in [4.78, 5) is 13.8. The summed E-state index contributed by atoms with van der Waals surface area (Å²) in [5.74, 6) is -0.791. The van der Waals surface area contributed by atoms with Gasteiger partial charge in [-0.1, -0.05) is 51.1 Å².